The molecule has 0 bridgehead atoms. The van der Waals surface area contributed by atoms with Gasteiger partial charge >= 0.3 is 0 Å². The third kappa shape index (κ3) is 3.60. The number of halogens is 1. The average Bonchev–Trinajstić information content (AvgIpc) is 2.38. The number of Topliss-reactive ketones (excluding diaryl/α,β-unsaturated/α-hetero) is 1. The van der Waals surface area contributed by atoms with Gasteiger partial charge in [0, 0.05) is 31.5 Å². The van der Waals surface area contributed by atoms with Gasteiger partial charge < -0.3 is 0 Å². The zero-order valence-electron chi connectivity index (χ0n) is 11.3. The Morgan fingerprint density at radius 3 is 2.60 bits per heavy atom. The van der Waals surface area contributed by atoms with E-state index in [9.17, 15) is 19.3 Å². The number of nitro groups is 1. The molecule has 0 amide bonds. The summed E-state index contributed by atoms with van der Waals surface area (Å²) in [6.07, 6.45) is 2.76. The van der Waals surface area contributed by atoms with E-state index in [4.69, 9.17) is 0 Å². The molecule has 0 saturated heterocycles. The summed E-state index contributed by atoms with van der Waals surface area (Å²) in [5, 5.41) is 10.7. The topological polar surface area (TPSA) is 63.4 Å². The van der Waals surface area contributed by atoms with Crippen molar-refractivity contribution in [2.24, 2.45) is 0 Å². The Labute approximate surface area is 116 Å². The molecule has 0 unspecified atom stereocenters. The van der Waals surface area contributed by atoms with Crippen molar-refractivity contribution in [1.82, 2.24) is 4.90 Å². The minimum Gasteiger partial charge on any atom is -0.300 e. The molecule has 20 heavy (non-hydrogen) atoms. The molecule has 108 valence electrons. The molecule has 1 aromatic carbocycles. The number of rotatable bonds is 4. The van der Waals surface area contributed by atoms with Crippen molar-refractivity contribution in [3.05, 3.63) is 39.7 Å². The van der Waals surface area contributed by atoms with Crippen molar-refractivity contribution in [1.29, 1.82) is 0 Å². The number of benzene rings is 1. The average molecular weight is 280 g/mol. The molecule has 1 aliphatic carbocycles. The van der Waals surface area contributed by atoms with E-state index in [0.717, 1.165) is 18.9 Å². The van der Waals surface area contributed by atoms with Gasteiger partial charge in [-0.25, -0.2) is 4.39 Å². The number of carbonyl (C=O) groups excluding carboxylic acids is 1. The van der Waals surface area contributed by atoms with Crippen LogP contribution in [0.25, 0.3) is 0 Å². The van der Waals surface area contributed by atoms with Crippen LogP contribution in [0.4, 0.5) is 10.1 Å². The largest absolute Gasteiger partial charge is 0.300 e. The molecule has 0 spiro atoms. The van der Waals surface area contributed by atoms with Gasteiger partial charge in [-0.1, -0.05) is 0 Å². The summed E-state index contributed by atoms with van der Waals surface area (Å²) in [5.41, 5.74) is 0.350. The third-order valence-electron chi connectivity index (χ3n) is 3.72. The molecule has 0 N–H and O–H groups in total. The van der Waals surface area contributed by atoms with Gasteiger partial charge in [0.2, 0.25) is 0 Å². The minimum absolute atomic E-state index is 0.229. The van der Waals surface area contributed by atoms with E-state index in [0.29, 0.717) is 24.9 Å². The summed E-state index contributed by atoms with van der Waals surface area (Å²) >= 11 is 0. The normalized spacial score (nSPS) is 16.6. The number of ketones is 1. The van der Waals surface area contributed by atoms with E-state index in [1.54, 1.807) is 0 Å². The van der Waals surface area contributed by atoms with E-state index in [-0.39, 0.29) is 17.5 Å². The maximum absolute atomic E-state index is 13.4. The highest BCUT2D eigenvalue weighted by atomic mass is 19.1. The fraction of sp³-hybridized carbons (Fsp3) is 0.500. The molecule has 1 fully saturated rings. The summed E-state index contributed by atoms with van der Waals surface area (Å²) in [5.74, 6) is -0.308. The van der Waals surface area contributed by atoms with Crippen LogP contribution < -0.4 is 0 Å². The van der Waals surface area contributed by atoms with Gasteiger partial charge in [-0.05, 0) is 31.5 Å². The molecule has 0 atom stereocenters. The molecular formula is C14H17FN2O3. The minimum atomic E-state index is -0.596. The van der Waals surface area contributed by atoms with Crippen LogP contribution in [0.15, 0.2) is 18.2 Å². The molecule has 0 aromatic heterocycles. The van der Waals surface area contributed by atoms with Crippen LogP contribution in [-0.4, -0.2) is 28.7 Å². The Hall–Kier alpha value is -1.82. The SMILES string of the molecule is CN(Cc1cc(F)cc([N+](=O)[O-])c1)C1CCC(=O)CC1. The lowest BCUT2D eigenvalue weighted by molar-refractivity contribution is -0.385. The Morgan fingerprint density at radius 1 is 1.35 bits per heavy atom. The van der Waals surface area contributed by atoms with E-state index >= 15 is 0 Å². The van der Waals surface area contributed by atoms with Gasteiger partial charge in [-0.15, -0.1) is 0 Å². The molecule has 1 aliphatic rings. The third-order valence-corrected chi connectivity index (χ3v) is 3.72. The summed E-state index contributed by atoms with van der Waals surface area (Å²) in [4.78, 5) is 23.4. The summed E-state index contributed by atoms with van der Waals surface area (Å²) in [6.45, 7) is 0.442. The second-order valence-corrected chi connectivity index (χ2v) is 5.26. The zero-order valence-corrected chi connectivity index (χ0v) is 11.3. The molecule has 5 nitrogen and oxygen atoms in total. The lowest BCUT2D eigenvalue weighted by Crippen LogP contribution is -2.34. The second kappa shape index (κ2) is 6.09. The number of hydrogen-bond donors (Lipinski definition) is 0. The number of hydrogen-bond acceptors (Lipinski definition) is 4. The zero-order chi connectivity index (χ0) is 14.7. The quantitative estimate of drug-likeness (QED) is 0.628. The smallest absolute Gasteiger partial charge is 0.272 e. The van der Waals surface area contributed by atoms with Crippen molar-refractivity contribution in [3.8, 4) is 0 Å². The van der Waals surface area contributed by atoms with Crippen molar-refractivity contribution in [3.63, 3.8) is 0 Å². The number of non-ortho nitro benzene ring substituents is 1. The first-order valence-electron chi connectivity index (χ1n) is 6.61. The maximum atomic E-state index is 13.4. The number of nitro benzene ring substituents is 1. The fourth-order valence-corrected chi connectivity index (χ4v) is 2.61. The predicted octanol–water partition coefficient (Wildman–Crippen LogP) is 2.68. The highest BCUT2D eigenvalue weighted by Crippen LogP contribution is 2.23. The summed E-state index contributed by atoms with van der Waals surface area (Å²) in [6, 6.07) is 3.91. The number of carbonyl (C=O) groups is 1. The van der Waals surface area contributed by atoms with Crippen molar-refractivity contribution >= 4 is 11.5 Å². The predicted molar refractivity (Wildman–Crippen MR) is 71.8 cm³/mol. The van der Waals surface area contributed by atoms with Gasteiger partial charge in [0.1, 0.15) is 11.6 Å². The molecule has 6 heteroatoms. The van der Waals surface area contributed by atoms with Crippen LogP contribution in [0.3, 0.4) is 0 Å². The Bertz CT molecular complexity index is 523. The van der Waals surface area contributed by atoms with Crippen LogP contribution in [0, 0.1) is 15.9 Å². The van der Waals surface area contributed by atoms with Crippen LogP contribution >= 0.6 is 0 Å². The summed E-state index contributed by atoms with van der Waals surface area (Å²) < 4.78 is 13.4. The Kier molecular flexibility index (Phi) is 4.44. The lowest BCUT2D eigenvalue weighted by Gasteiger charge is -2.30. The molecular weight excluding hydrogens is 263 g/mol. The highest BCUT2D eigenvalue weighted by Gasteiger charge is 2.22. The van der Waals surface area contributed by atoms with Gasteiger partial charge in [0.25, 0.3) is 5.69 Å². The van der Waals surface area contributed by atoms with Crippen LogP contribution in [0.5, 0.6) is 0 Å². The van der Waals surface area contributed by atoms with E-state index < -0.39 is 10.7 Å². The lowest BCUT2D eigenvalue weighted by atomic mass is 9.93. The van der Waals surface area contributed by atoms with Crippen molar-refractivity contribution in [2.45, 2.75) is 38.3 Å². The number of nitrogens with zero attached hydrogens (tertiary/aromatic N) is 2. The first-order chi connectivity index (χ1) is 9.45. The first kappa shape index (κ1) is 14.6. The molecule has 0 heterocycles. The van der Waals surface area contributed by atoms with Crippen LogP contribution in [-0.2, 0) is 11.3 Å². The molecule has 1 aromatic rings. The molecule has 2 rings (SSSR count). The molecule has 1 saturated carbocycles. The van der Waals surface area contributed by atoms with Crippen LogP contribution in [0.1, 0.15) is 31.2 Å². The van der Waals surface area contributed by atoms with Crippen molar-refractivity contribution in [2.75, 3.05) is 7.05 Å². The molecule has 0 aliphatic heterocycles. The molecule has 0 radical (unpaired) electrons. The second-order valence-electron chi connectivity index (χ2n) is 5.26. The van der Waals surface area contributed by atoms with Gasteiger partial charge in [0.05, 0.1) is 11.0 Å². The summed E-state index contributed by atoms with van der Waals surface area (Å²) in [7, 11) is 1.90. The fourth-order valence-electron chi connectivity index (χ4n) is 2.61. The van der Waals surface area contributed by atoms with Crippen molar-refractivity contribution < 1.29 is 14.1 Å². The van der Waals surface area contributed by atoms with E-state index in [1.165, 1.54) is 12.1 Å². The van der Waals surface area contributed by atoms with Gasteiger partial charge in [-0.2, -0.15) is 0 Å². The Balaban J connectivity index is 2.05. The van der Waals surface area contributed by atoms with E-state index in [2.05, 4.69) is 0 Å². The first-order valence-corrected chi connectivity index (χ1v) is 6.61. The van der Waals surface area contributed by atoms with Gasteiger partial charge in [-0.3, -0.25) is 19.8 Å². The maximum Gasteiger partial charge on any atom is 0.272 e. The standard InChI is InChI=1S/C14H17FN2O3/c1-16(12-2-4-14(18)5-3-12)9-10-6-11(15)8-13(7-10)17(19)20/h6-8,12H,2-5,9H2,1H3. The Morgan fingerprint density at radius 2 is 2.00 bits per heavy atom. The monoisotopic (exact) mass is 280 g/mol. The highest BCUT2D eigenvalue weighted by molar-refractivity contribution is 5.79. The van der Waals surface area contributed by atoms with Gasteiger partial charge in [0.15, 0.2) is 0 Å². The van der Waals surface area contributed by atoms with E-state index in [1.807, 2.05) is 11.9 Å². The van der Waals surface area contributed by atoms with Crippen LogP contribution in [0.2, 0.25) is 0 Å².